The van der Waals surface area contributed by atoms with Crippen LogP contribution in [0.25, 0.3) is 0 Å². The number of rotatable bonds is 10. The SMILES string of the molecule is C/C=C\C=C/C(C)OCCC1CC2([C@@H](O)NCC3CCOC3)NOC12. The molecule has 0 bridgehead atoms. The van der Waals surface area contributed by atoms with Gasteiger partial charge in [0, 0.05) is 19.8 Å². The number of hydrogen-bond donors (Lipinski definition) is 3. The van der Waals surface area contributed by atoms with Crippen LogP contribution in [0.2, 0.25) is 0 Å². The lowest BCUT2D eigenvalue weighted by atomic mass is 9.61. The van der Waals surface area contributed by atoms with Gasteiger partial charge in [0.25, 0.3) is 0 Å². The largest absolute Gasteiger partial charge is 0.381 e. The Morgan fingerprint density at radius 1 is 1.44 bits per heavy atom. The second-order valence-electron chi connectivity index (χ2n) is 7.46. The fraction of sp³-hybridized carbons (Fsp3) is 0.789. The van der Waals surface area contributed by atoms with Gasteiger partial charge in [-0.25, -0.2) is 0 Å². The van der Waals surface area contributed by atoms with E-state index >= 15 is 0 Å². The van der Waals surface area contributed by atoms with Crippen LogP contribution in [-0.2, 0) is 14.3 Å². The quantitative estimate of drug-likeness (QED) is 0.409. The van der Waals surface area contributed by atoms with Crippen LogP contribution in [0, 0.1) is 11.8 Å². The lowest BCUT2D eigenvalue weighted by molar-refractivity contribution is -0.338. The summed E-state index contributed by atoms with van der Waals surface area (Å²) in [6.07, 6.45) is 10.6. The van der Waals surface area contributed by atoms with E-state index in [1.807, 2.05) is 38.2 Å². The van der Waals surface area contributed by atoms with Crippen molar-refractivity contribution in [3.8, 4) is 0 Å². The summed E-state index contributed by atoms with van der Waals surface area (Å²) < 4.78 is 11.2. The Kier molecular flexibility index (Phi) is 6.66. The second-order valence-corrected chi connectivity index (χ2v) is 7.46. The standard InChI is InChI=1S/C19H32N2O4/c1-3-4-5-6-14(2)24-10-8-16-11-19(17(16)25-21-19)18(22)20-12-15-7-9-23-13-15/h3-6,14-18,20-22H,7-13H2,1-2H3/b4-3-,6-5-/t14?,15?,16?,17?,18-,19?/m1/s1. The molecule has 2 saturated heterocycles. The number of ether oxygens (including phenoxy) is 2. The van der Waals surface area contributed by atoms with Crippen molar-refractivity contribution in [1.29, 1.82) is 0 Å². The van der Waals surface area contributed by atoms with E-state index in [1.54, 1.807) is 0 Å². The fourth-order valence-electron chi connectivity index (χ4n) is 3.91. The maximum atomic E-state index is 10.5. The van der Waals surface area contributed by atoms with Crippen LogP contribution >= 0.6 is 0 Å². The summed E-state index contributed by atoms with van der Waals surface area (Å²) in [4.78, 5) is 5.52. The molecule has 0 aromatic rings. The van der Waals surface area contributed by atoms with E-state index in [9.17, 15) is 5.11 Å². The number of fused-ring (bicyclic) bond motifs is 1. The second kappa shape index (κ2) is 8.75. The highest BCUT2D eigenvalue weighted by Gasteiger charge is 2.65. The summed E-state index contributed by atoms with van der Waals surface area (Å²) >= 11 is 0. The smallest absolute Gasteiger partial charge is 0.128 e. The highest BCUT2D eigenvalue weighted by atomic mass is 16.7. The minimum Gasteiger partial charge on any atom is -0.381 e. The molecule has 2 aliphatic heterocycles. The number of allylic oxidation sites excluding steroid dienone is 3. The Balaban J connectivity index is 1.34. The molecule has 3 N–H and O–H groups in total. The molecule has 0 aromatic heterocycles. The van der Waals surface area contributed by atoms with Crippen LogP contribution in [0.4, 0.5) is 0 Å². The van der Waals surface area contributed by atoms with Crippen molar-refractivity contribution in [2.24, 2.45) is 11.8 Å². The van der Waals surface area contributed by atoms with Gasteiger partial charge in [-0.3, -0.25) is 10.2 Å². The molecule has 6 nitrogen and oxygen atoms in total. The van der Waals surface area contributed by atoms with Crippen LogP contribution in [0.1, 0.15) is 33.1 Å². The molecule has 3 fully saturated rings. The molecule has 1 aliphatic carbocycles. The average Bonchev–Trinajstić information content (AvgIpc) is 3.10. The van der Waals surface area contributed by atoms with Crippen LogP contribution in [0.5, 0.6) is 0 Å². The molecule has 5 unspecified atom stereocenters. The lowest BCUT2D eigenvalue weighted by Gasteiger charge is -2.63. The van der Waals surface area contributed by atoms with E-state index < -0.39 is 6.23 Å². The monoisotopic (exact) mass is 352 g/mol. The van der Waals surface area contributed by atoms with Crippen LogP contribution in [-0.4, -0.2) is 55.4 Å². The van der Waals surface area contributed by atoms with Gasteiger partial charge in [0.05, 0.1) is 12.7 Å². The molecule has 0 amide bonds. The summed E-state index contributed by atoms with van der Waals surface area (Å²) in [5.41, 5.74) is 2.68. The Morgan fingerprint density at radius 2 is 2.32 bits per heavy atom. The van der Waals surface area contributed by atoms with Crippen molar-refractivity contribution in [3.63, 3.8) is 0 Å². The Hall–Kier alpha value is -0.760. The van der Waals surface area contributed by atoms with E-state index in [1.165, 1.54) is 0 Å². The summed E-state index contributed by atoms with van der Waals surface area (Å²) in [7, 11) is 0. The van der Waals surface area contributed by atoms with Gasteiger partial charge < -0.3 is 14.6 Å². The number of hydroxylamine groups is 1. The van der Waals surface area contributed by atoms with Crippen LogP contribution in [0.15, 0.2) is 24.3 Å². The molecule has 2 heterocycles. The number of hydrogen-bond acceptors (Lipinski definition) is 6. The maximum Gasteiger partial charge on any atom is 0.128 e. The first-order chi connectivity index (χ1) is 12.2. The molecule has 0 radical (unpaired) electrons. The van der Waals surface area contributed by atoms with Crippen molar-refractivity contribution < 1.29 is 19.4 Å². The highest BCUT2D eigenvalue weighted by molar-refractivity contribution is 5.16. The molecule has 6 atom stereocenters. The van der Waals surface area contributed by atoms with Gasteiger partial charge in [0.2, 0.25) is 0 Å². The van der Waals surface area contributed by atoms with Crippen molar-refractivity contribution in [2.45, 2.75) is 57.1 Å². The Labute approximate surface area is 150 Å². The number of aliphatic hydroxyl groups excluding tert-OH is 1. The summed E-state index contributed by atoms with van der Waals surface area (Å²) in [6, 6.07) is 0. The first kappa shape index (κ1) is 19.0. The molecule has 25 heavy (non-hydrogen) atoms. The number of aliphatic hydroxyl groups is 1. The van der Waals surface area contributed by atoms with Gasteiger partial charge in [0.1, 0.15) is 17.9 Å². The molecule has 142 valence electrons. The molecule has 6 heteroatoms. The zero-order chi connectivity index (χ0) is 17.7. The van der Waals surface area contributed by atoms with Gasteiger partial charge in [-0.1, -0.05) is 24.3 Å². The Morgan fingerprint density at radius 3 is 2.96 bits per heavy atom. The average molecular weight is 352 g/mol. The Bertz CT molecular complexity index is 478. The molecular formula is C19H32N2O4. The van der Waals surface area contributed by atoms with Gasteiger partial charge in [-0.15, -0.1) is 0 Å². The summed E-state index contributed by atoms with van der Waals surface area (Å²) in [5, 5.41) is 13.8. The van der Waals surface area contributed by atoms with Crippen molar-refractivity contribution in [3.05, 3.63) is 24.3 Å². The van der Waals surface area contributed by atoms with Crippen molar-refractivity contribution >= 4 is 0 Å². The zero-order valence-corrected chi connectivity index (χ0v) is 15.3. The normalized spacial score (nSPS) is 37.0. The first-order valence-corrected chi connectivity index (χ1v) is 9.49. The minimum absolute atomic E-state index is 0.0762. The van der Waals surface area contributed by atoms with E-state index in [0.29, 0.717) is 18.4 Å². The predicted molar refractivity (Wildman–Crippen MR) is 95.8 cm³/mol. The fourth-order valence-corrected chi connectivity index (χ4v) is 3.91. The van der Waals surface area contributed by atoms with Gasteiger partial charge in [0.15, 0.2) is 0 Å². The van der Waals surface area contributed by atoms with Crippen molar-refractivity contribution in [2.75, 3.05) is 26.4 Å². The van der Waals surface area contributed by atoms with E-state index in [4.69, 9.17) is 14.3 Å². The molecule has 0 aromatic carbocycles. The first-order valence-electron chi connectivity index (χ1n) is 9.49. The molecule has 3 rings (SSSR count). The third-order valence-electron chi connectivity index (χ3n) is 5.58. The molecule has 1 saturated carbocycles. The van der Waals surface area contributed by atoms with Crippen molar-refractivity contribution in [1.82, 2.24) is 10.8 Å². The van der Waals surface area contributed by atoms with Gasteiger partial charge >= 0.3 is 0 Å². The minimum atomic E-state index is -0.577. The van der Waals surface area contributed by atoms with E-state index in [2.05, 4.69) is 10.8 Å². The highest BCUT2D eigenvalue weighted by Crippen LogP contribution is 2.49. The van der Waals surface area contributed by atoms with Gasteiger partial charge in [-0.05, 0) is 44.9 Å². The lowest BCUT2D eigenvalue weighted by Crippen LogP contribution is -2.84. The third kappa shape index (κ3) is 4.32. The summed E-state index contributed by atoms with van der Waals surface area (Å²) in [5.74, 6) is 0.950. The van der Waals surface area contributed by atoms with Gasteiger partial charge in [-0.2, -0.15) is 5.48 Å². The predicted octanol–water partition coefficient (Wildman–Crippen LogP) is 1.52. The molecule has 0 spiro atoms. The third-order valence-corrected chi connectivity index (χ3v) is 5.58. The number of nitrogens with one attached hydrogen (secondary N) is 2. The zero-order valence-electron chi connectivity index (χ0n) is 15.3. The topological polar surface area (TPSA) is 72.0 Å². The summed E-state index contributed by atoms with van der Waals surface area (Å²) in [6.45, 7) is 7.18. The van der Waals surface area contributed by atoms with Crippen LogP contribution in [0.3, 0.4) is 0 Å². The van der Waals surface area contributed by atoms with Crippen LogP contribution < -0.4 is 10.8 Å². The molecular weight excluding hydrogens is 320 g/mol. The van der Waals surface area contributed by atoms with E-state index in [-0.39, 0.29) is 17.7 Å². The maximum absolute atomic E-state index is 10.5. The molecule has 3 aliphatic rings. The van der Waals surface area contributed by atoms with E-state index in [0.717, 1.165) is 39.0 Å².